The van der Waals surface area contributed by atoms with Crippen molar-refractivity contribution in [2.45, 2.75) is 6.42 Å². The van der Waals surface area contributed by atoms with Gasteiger partial charge in [-0.3, -0.25) is 4.79 Å². The van der Waals surface area contributed by atoms with Gasteiger partial charge in [0.15, 0.2) is 0 Å². The minimum Gasteiger partial charge on any atom is -0.508 e. The summed E-state index contributed by atoms with van der Waals surface area (Å²) in [6.07, 6.45) is 0.373. The average Bonchev–Trinajstić information content (AvgIpc) is 2.79. The fourth-order valence-corrected chi connectivity index (χ4v) is 2.21. The summed E-state index contributed by atoms with van der Waals surface area (Å²) in [5, 5.41) is 9.46. The van der Waals surface area contributed by atoms with E-state index in [-0.39, 0.29) is 23.1 Å². The lowest BCUT2D eigenvalue weighted by atomic mass is 10.1. The standard InChI is InChI=1S/C13H16N2O4/c1-19-13(18)10-5-9(16)2-3-11(10)15-7-8(6-14)4-12(15)17/h2-3,5,8,16H,4,6-7,14H2,1H3. The normalized spacial score (nSPS) is 18.7. The molecule has 1 unspecified atom stereocenters. The number of esters is 1. The summed E-state index contributed by atoms with van der Waals surface area (Å²) in [5.41, 5.74) is 6.20. The number of rotatable bonds is 3. The Morgan fingerprint density at radius 1 is 1.58 bits per heavy atom. The molecule has 0 saturated carbocycles. The molecule has 1 aromatic carbocycles. The molecule has 1 aliphatic rings. The first-order chi connectivity index (χ1) is 9.06. The summed E-state index contributed by atoms with van der Waals surface area (Å²) in [7, 11) is 1.25. The third-order valence-corrected chi connectivity index (χ3v) is 3.21. The second kappa shape index (κ2) is 5.27. The SMILES string of the molecule is COC(=O)c1cc(O)ccc1N1CC(CN)CC1=O. The molecule has 102 valence electrons. The number of anilines is 1. The van der Waals surface area contributed by atoms with Crippen LogP contribution in [0.1, 0.15) is 16.8 Å². The molecule has 0 spiro atoms. The van der Waals surface area contributed by atoms with Crippen molar-refractivity contribution >= 4 is 17.6 Å². The zero-order valence-electron chi connectivity index (χ0n) is 10.6. The van der Waals surface area contributed by atoms with Crippen LogP contribution in [0.5, 0.6) is 5.75 Å². The van der Waals surface area contributed by atoms with Gasteiger partial charge in [0, 0.05) is 13.0 Å². The second-order valence-corrected chi connectivity index (χ2v) is 4.50. The first-order valence-corrected chi connectivity index (χ1v) is 5.98. The van der Waals surface area contributed by atoms with Crippen LogP contribution in [0.4, 0.5) is 5.69 Å². The Kier molecular flexibility index (Phi) is 3.71. The van der Waals surface area contributed by atoms with Gasteiger partial charge in [-0.2, -0.15) is 0 Å². The van der Waals surface area contributed by atoms with Crippen molar-refractivity contribution in [1.82, 2.24) is 0 Å². The molecule has 3 N–H and O–H groups in total. The van der Waals surface area contributed by atoms with E-state index < -0.39 is 5.97 Å². The fraction of sp³-hybridized carbons (Fsp3) is 0.385. The maximum absolute atomic E-state index is 11.9. The van der Waals surface area contributed by atoms with E-state index in [1.807, 2.05) is 0 Å². The molecule has 0 aromatic heterocycles. The van der Waals surface area contributed by atoms with E-state index in [0.717, 1.165) is 0 Å². The van der Waals surface area contributed by atoms with E-state index >= 15 is 0 Å². The Balaban J connectivity index is 2.39. The number of methoxy groups -OCH3 is 1. The highest BCUT2D eigenvalue weighted by molar-refractivity contribution is 6.04. The van der Waals surface area contributed by atoms with Gasteiger partial charge in [0.2, 0.25) is 5.91 Å². The molecule has 1 heterocycles. The van der Waals surface area contributed by atoms with Crippen LogP contribution in [0, 0.1) is 5.92 Å². The molecule has 1 amide bonds. The number of phenolic OH excluding ortho intramolecular Hbond substituents is 1. The van der Waals surface area contributed by atoms with Crippen molar-refractivity contribution in [1.29, 1.82) is 0 Å². The molecular weight excluding hydrogens is 248 g/mol. The molecule has 0 aliphatic carbocycles. The van der Waals surface area contributed by atoms with Crippen LogP contribution in [0.25, 0.3) is 0 Å². The number of phenols is 1. The summed E-state index contributed by atoms with van der Waals surface area (Å²) in [4.78, 5) is 25.2. The number of carbonyl (C=O) groups is 2. The Morgan fingerprint density at radius 3 is 2.89 bits per heavy atom. The van der Waals surface area contributed by atoms with Crippen LogP contribution < -0.4 is 10.6 Å². The number of carbonyl (C=O) groups excluding carboxylic acids is 2. The van der Waals surface area contributed by atoms with Gasteiger partial charge in [-0.1, -0.05) is 0 Å². The minimum atomic E-state index is -0.588. The van der Waals surface area contributed by atoms with E-state index in [0.29, 0.717) is 25.2 Å². The molecule has 0 bridgehead atoms. The third-order valence-electron chi connectivity index (χ3n) is 3.21. The topological polar surface area (TPSA) is 92.9 Å². The second-order valence-electron chi connectivity index (χ2n) is 4.50. The maximum Gasteiger partial charge on any atom is 0.340 e. The van der Waals surface area contributed by atoms with Crippen LogP contribution in [0.2, 0.25) is 0 Å². The highest BCUT2D eigenvalue weighted by Crippen LogP contribution is 2.30. The van der Waals surface area contributed by atoms with Gasteiger partial charge in [-0.15, -0.1) is 0 Å². The summed E-state index contributed by atoms with van der Waals surface area (Å²) in [6.45, 7) is 0.901. The van der Waals surface area contributed by atoms with E-state index in [1.165, 1.54) is 24.1 Å². The number of nitrogens with zero attached hydrogens (tertiary/aromatic N) is 1. The number of amides is 1. The minimum absolute atomic E-state index is 0.0498. The molecule has 6 nitrogen and oxygen atoms in total. The number of nitrogens with two attached hydrogens (primary N) is 1. The van der Waals surface area contributed by atoms with Gasteiger partial charge in [-0.05, 0) is 30.7 Å². The van der Waals surface area contributed by atoms with Crippen LogP contribution in [-0.4, -0.2) is 37.2 Å². The Hall–Kier alpha value is -2.08. The van der Waals surface area contributed by atoms with Crippen molar-refractivity contribution in [3.05, 3.63) is 23.8 Å². The van der Waals surface area contributed by atoms with Crippen LogP contribution in [0.15, 0.2) is 18.2 Å². The number of ether oxygens (including phenoxy) is 1. The summed E-state index contributed by atoms with van der Waals surface area (Å²) >= 11 is 0. The molecule has 0 radical (unpaired) electrons. The number of benzene rings is 1. The summed E-state index contributed by atoms with van der Waals surface area (Å²) < 4.78 is 4.67. The van der Waals surface area contributed by atoms with Crippen molar-refractivity contribution in [2.24, 2.45) is 11.7 Å². The molecule has 1 aromatic rings. The highest BCUT2D eigenvalue weighted by atomic mass is 16.5. The quantitative estimate of drug-likeness (QED) is 0.775. The molecule has 1 atom stereocenters. The van der Waals surface area contributed by atoms with Crippen molar-refractivity contribution in [3.63, 3.8) is 0 Å². The number of hydrogen-bond acceptors (Lipinski definition) is 5. The van der Waals surface area contributed by atoms with E-state index in [4.69, 9.17) is 5.73 Å². The van der Waals surface area contributed by atoms with Gasteiger partial charge in [0.05, 0.1) is 18.4 Å². The largest absolute Gasteiger partial charge is 0.508 e. The molecule has 1 fully saturated rings. The lowest BCUT2D eigenvalue weighted by Gasteiger charge is -2.19. The first-order valence-electron chi connectivity index (χ1n) is 5.98. The van der Waals surface area contributed by atoms with Gasteiger partial charge >= 0.3 is 5.97 Å². The van der Waals surface area contributed by atoms with Crippen molar-refractivity contribution < 1.29 is 19.4 Å². The zero-order valence-corrected chi connectivity index (χ0v) is 10.6. The van der Waals surface area contributed by atoms with Gasteiger partial charge in [0.25, 0.3) is 0 Å². The Morgan fingerprint density at radius 2 is 2.32 bits per heavy atom. The predicted molar refractivity (Wildman–Crippen MR) is 69.0 cm³/mol. The monoisotopic (exact) mass is 264 g/mol. The Labute approximate surface area is 110 Å². The van der Waals surface area contributed by atoms with Gasteiger partial charge in [0.1, 0.15) is 5.75 Å². The smallest absolute Gasteiger partial charge is 0.340 e. The van der Waals surface area contributed by atoms with Gasteiger partial charge in [-0.25, -0.2) is 4.79 Å². The first kappa shape index (κ1) is 13.4. The molecule has 2 rings (SSSR count). The van der Waals surface area contributed by atoms with Gasteiger partial charge < -0.3 is 20.5 Å². The van der Waals surface area contributed by atoms with E-state index in [9.17, 15) is 14.7 Å². The highest BCUT2D eigenvalue weighted by Gasteiger charge is 2.32. The number of aromatic hydroxyl groups is 1. The Bertz CT molecular complexity index is 515. The van der Waals surface area contributed by atoms with E-state index in [2.05, 4.69) is 4.74 Å². The van der Waals surface area contributed by atoms with Crippen molar-refractivity contribution in [3.8, 4) is 5.75 Å². The van der Waals surface area contributed by atoms with Crippen molar-refractivity contribution in [2.75, 3.05) is 25.1 Å². The fourth-order valence-electron chi connectivity index (χ4n) is 2.21. The lowest BCUT2D eigenvalue weighted by molar-refractivity contribution is -0.117. The summed E-state index contributed by atoms with van der Waals surface area (Å²) in [5.74, 6) is -0.626. The molecule has 19 heavy (non-hydrogen) atoms. The molecular formula is C13H16N2O4. The molecule has 1 aliphatic heterocycles. The number of hydrogen-bond donors (Lipinski definition) is 2. The van der Waals surface area contributed by atoms with Crippen LogP contribution in [0.3, 0.4) is 0 Å². The zero-order chi connectivity index (χ0) is 14.0. The lowest BCUT2D eigenvalue weighted by Crippen LogP contribution is -2.27. The molecule has 1 saturated heterocycles. The average molecular weight is 264 g/mol. The maximum atomic E-state index is 11.9. The summed E-state index contributed by atoms with van der Waals surface area (Å²) in [6, 6.07) is 4.27. The molecule has 6 heteroatoms. The third kappa shape index (κ3) is 2.53. The van der Waals surface area contributed by atoms with Crippen LogP contribution in [-0.2, 0) is 9.53 Å². The van der Waals surface area contributed by atoms with E-state index in [1.54, 1.807) is 6.07 Å². The van der Waals surface area contributed by atoms with Crippen LogP contribution >= 0.6 is 0 Å². The predicted octanol–water partition coefficient (Wildman–Crippen LogP) is 0.490.